The molecule has 0 aromatic carbocycles. The van der Waals surface area contributed by atoms with Gasteiger partial charge in [-0.05, 0) is 46.0 Å². The van der Waals surface area contributed by atoms with Gasteiger partial charge in [-0.1, -0.05) is 6.08 Å². The van der Waals surface area contributed by atoms with Crippen LogP contribution in [0.15, 0.2) is 11.5 Å². The van der Waals surface area contributed by atoms with Crippen LogP contribution in [0.5, 0.6) is 0 Å². The van der Waals surface area contributed by atoms with Gasteiger partial charge in [-0.3, -0.25) is 0 Å². The van der Waals surface area contributed by atoms with E-state index in [9.17, 15) is 4.79 Å². The Morgan fingerprint density at radius 3 is 2.42 bits per heavy atom. The van der Waals surface area contributed by atoms with Gasteiger partial charge in [0.1, 0.15) is 0 Å². The van der Waals surface area contributed by atoms with E-state index in [1.165, 1.54) is 4.90 Å². The summed E-state index contributed by atoms with van der Waals surface area (Å²) in [5.74, 6) is 0. The molecule has 1 amide bonds. The molecule has 2 rings (SSSR count). The molecular weight excluding hydrogens is 245 g/mol. The molecule has 2 aliphatic heterocycles. The van der Waals surface area contributed by atoms with Gasteiger partial charge in [-0.15, -0.1) is 0 Å². The molecule has 2 aliphatic rings. The van der Waals surface area contributed by atoms with E-state index < -0.39 is 6.09 Å². The maximum absolute atomic E-state index is 11.0. The van der Waals surface area contributed by atoms with E-state index in [-0.39, 0.29) is 18.3 Å². The number of rotatable bonds is 1. The molecule has 1 fully saturated rings. The Morgan fingerprint density at radius 1 is 1.32 bits per heavy atom. The highest BCUT2D eigenvalue weighted by atomic mass is 16.7. The van der Waals surface area contributed by atoms with Gasteiger partial charge in [0.25, 0.3) is 0 Å². The van der Waals surface area contributed by atoms with E-state index in [1.807, 2.05) is 33.8 Å². The third-order valence-corrected chi connectivity index (χ3v) is 4.29. The summed E-state index contributed by atoms with van der Waals surface area (Å²) in [6, 6.07) is 0. The third kappa shape index (κ3) is 2.79. The van der Waals surface area contributed by atoms with Crippen LogP contribution in [0.3, 0.4) is 0 Å². The average Bonchev–Trinajstić information content (AvgIpc) is 2.47. The fourth-order valence-corrected chi connectivity index (χ4v) is 2.28. The summed E-state index contributed by atoms with van der Waals surface area (Å²) in [7, 11) is -0.348. The topological polar surface area (TPSA) is 59.0 Å². The molecule has 0 unspecified atom stereocenters. The van der Waals surface area contributed by atoms with Gasteiger partial charge >= 0.3 is 13.2 Å². The SMILES string of the molecule is CC1(C)OB(C2=CCN(C(=O)O)CCC2)OC1(C)C. The Morgan fingerprint density at radius 2 is 1.89 bits per heavy atom. The summed E-state index contributed by atoms with van der Waals surface area (Å²) < 4.78 is 12.0. The number of carbonyl (C=O) groups is 1. The van der Waals surface area contributed by atoms with Crippen LogP contribution in [0.4, 0.5) is 4.79 Å². The van der Waals surface area contributed by atoms with Crippen molar-refractivity contribution in [1.82, 2.24) is 4.90 Å². The summed E-state index contributed by atoms with van der Waals surface area (Å²) in [4.78, 5) is 12.4. The van der Waals surface area contributed by atoms with E-state index in [0.29, 0.717) is 13.1 Å². The summed E-state index contributed by atoms with van der Waals surface area (Å²) in [5.41, 5.74) is 0.358. The maximum atomic E-state index is 11.0. The molecular formula is C13H22BNO4. The van der Waals surface area contributed by atoms with E-state index in [0.717, 1.165) is 18.3 Å². The summed E-state index contributed by atoms with van der Waals surface area (Å²) in [5, 5.41) is 9.02. The van der Waals surface area contributed by atoms with Crippen LogP contribution in [0.1, 0.15) is 40.5 Å². The minimum atomic E-state index is -0.869. The largest absolute Gasteiger partial charge is 0.490 e. The monoisotopic (exact) mass is 267 g/mol. The fourth-order valence-electron chi connectivity index (χ4n) is 2.28. The predicted molar refractivity (Wildman–Crippen MR) is 73.0 cm³/mol. The van der Waals surface area contributed by atoms with Gasteiger partial charge < -0.3 is 19.3 Å². The molecule has 1 N–H and O–H groups in total. The highest BCUT2D eigenvalue weighted by Gasteiger charge is 2.52. The second-order valence-corrected chi connectivity index (χ2v) is 6.20. The van der Waals surface area contributed by atoms with Gasteiger partial charge in [0.2, 0.25) is 0 Å². The lowest BCUT2D eigenvalue weighted by Gasteiger charge is -2.32. The number of hydrogen-bond acceptors (Lipinski definition) is 3. The Bertz CT molecular complexity index is 389. The molecule has 106 valence electrons. The quantitative estimate of drug-likeness (QED) is 0.741. The van der Waals surface area contributed by atoms with Crippen molar-refractivity contribution in [3.63, 3.8) is 0 Å². The standard InChI is InChI=1S/C13H22BNO4/c1-12(2)13(3,4)19-14(18-12)10-6-5-8-15(9-7-10)11(16)17/h7H,5-6,8-9H2,1-4H3,(H,16,17). The van der Waals surface area contributed by atoms with E-state index in [2.05, 4.69) is 0 Å². The lowest BCUT2D eigenvalue weighted by atomic mass is 9.75. The molecule has 19 heavy (non-hydrogen) atoms. The van der Waals surface area contributed by atoms with Crippen LogP contribution in [0.25, 0.3) is 0 Å². The first kappa shape index (κ1) is 14.4. The van der Waals surface area contributed by atoms with Crippen molar-refractivity contribution in [3.8, 4) is 0 Å². The lowest BCUT2D eigenvalue weighted by Crippen LogP contribution is -2.41. The van der Waals surface area contributed by atoms with Gasteiger partial charge in [-0.25, -0.2) is 4.79 Å². The number of hydrogen-bond donors (Lipinski definition) is 1. The number of nitrogens with zero attached hydrogens (tertiary/aromatic N) is 1. The lowest BCUT2D eigenvalue weighted by molar-refractivity contribution is 0.00578. The van der Waals surface area contributed by atoms with Crippen LogP contribution < -0.4 is 0 Å². The van der Waals surface area contributed by atoms with Crippen LogP contribution in [-0.4, -0.2) is 47.5 Å². The first-order chi connectivity index (χ1) is 8.73. The molecule has 5 nitrogen and oxygen atoms in total. The van der Waals surface area contributed by atoms with Gasteiger partial charge in [-0.2, -0.15) is 0 Å². The van der Waals surface area contributed by atoms with Crippen molar-refractivity contribution in [2.24, 2.45) is 0 Å². The molecule has 1 saturated heterocycles. The highest BCUT2D eigenvalue weighted by molar-refractivity contribution is 6.54. The minimum Gasteiger partial charge on any atom is -0.465 e. The van der Waals surface area contributed by atoms with Crippen LogP contribution in [0.2, 0.25) is 0 Å². The highest BCUT2D eigenvalue weighted by Crippen LogP contribution is 2.39. The first-order valence-electron chi connectivity index (χ1n) is 6.75. The predicted octanol–water partition coefficient (Wildman–Crippen LogP) is 2.32. The molecule has 6 heteroatoms. The zero-order valence-corrected chi connectivity index (χ0v) is 12.1. The number of allylic oxidation sites excluding steroid dienone is 1. The zero-order chi connectivity index (χ0) is 14.3. The third-order valence-electron chi connectivity index (χ3n) is 4.29. The van der Waals surface area contributed by atoms with Gasteiger partial charge in [0.15, 0.2) is 0 Å². The van der Waals surface area contributed by atoms with Crippen molar-refractivity contribution in [2.45, 2.75) is 51.7 Å². The zero-order valence-electron chi connectivity index (χ0n) is 12.1. The molecule has 0 atom stereocenters. The smallest absolute Gasteiger partial charge is 0.465 e. The van der Waals surface area contributed by atoms with E-state index in [1.54, 1.807) is 0 Å². The molecule has 0 saturated carbocycles. The van der Waals surface area contributed by atoms with Crippen LogP contribution in [0, 0.1) is 0 Å². The number of carboxylic acid groups (broad SMARTS) is 1. The Kier molecular flexibility index (Phi) is 3.66. The van der Waals surface area contributed by atoms with E-state index in [4.69, 9.17) is 14.4 Å². The van der Waals surface area contributed by atoms with Crippen molar-refractivity contribution < 1.29 is 19.2 Å². The molecule has 0 spiro atoms. The molecule has 0 aromatic rings. The van der Waals surface area contributed by atoms with Crippen molar-refractivity contribution in [3.05, 3.63) is 11.5 Å². The van der Waals surface area contributed by atoms with Crippen LogP contribution >= 0.6 is 0 Å². The molecule has 2 heterocycles. The first-order valence-corrected chi connectivity index (χ1v) is 6.75. The van der Waals surface area contributed by atoms with Gasteiger partial charge in [0, 0.05) is 13.1 Å². The molecule has 0 aliphatic carbocycles. The molecule has 0 radical (unpaired) electrons. The van der Waals surface area contributed by atoms with Crippen molar-refractivity contribution >= 4 is 13.2 Å². The fraction of sp³-hybridized carbons (Fsp3) is 0.769. The molecule has 0 bridgehead atoms. The van der Waals surface area contributed by atoms with Crippen molar-refractivity contribution in [1.29, 1.82) is 0 Å². The van der Waals surface area contributed by atoms with E-state index >= 15 is 0 Å². The van der Waals surface area contributed by atoms with Gasteiger partial charge in [0.05, 0.1) is 11.2 Å². The Labute approximate surface area is 114 Å². The average molecular weight is 267 g/mol. The molecule has 0 aromatic heterocycles. The Hall–Kier alpha value is -1.01. The second kappa shape index (κ2) is 4.83. The van der Waals surface area contributed by atoms with Crippen LogP contribution in [-0.2, 0) is 9.31 Å². The minimum absolute atomic E-state index is 0.348. The second-order valence-electron chi connectivity index (χ2n) is 6.20. The van der Waals surface area contributed by atoms with Crippen molar-refractivity contribution in [2.75, 3.05) is 13.1 Å². The summed E-state index contributed by atoms with van der Waals surface area (Å²) in [6.45, 7) is 9.06. The summed E-state index contributed by atoms with van der Waals surface area (Å²) >= 11 is 0. The maximum Gasteiger partial charge on any atom is 0.490 e. The number of amides is 1. The summed E-state index contributed by atoms with van der Waals surface area (Å²) in [6.07, 6.45) is 2.69. The Balaban J connectivity index is 2.09. The normalized spacial score (nSPS) is 26.0.